The molecule has 0 bridgehead atoms. The third kappa shape index (κ3) is 2.75. The number of nitrogens with zero attached hydrogens (tertiary/aromatic N) is 1. The Morgan fingerprint density at radius 3 is 2.45 bits per heavy atom. The molecule has 0 aromatic heterocycles. The molecule has 0 spiro atoms. The smallest absolute Gasteiger partial charge is 0.238 e. The monoisotopic (exact) mass is 315 g/mol. The molecule has 2 nitrogen and oxygen atoms in total. The van der Waals surface area contributed by atoms with Crippen LogP contribution in [-0.4, -0.2) is 11.7 Å². The van der Waals surface area contributed by atoms with E-state index in [1.165, 1.54) is 23.4 Å². The van der Waals surface area contributed by atoms with E-state index in [1.54, 1.807) is 17.0 Å². The number of anilines is 1. The van der Waals surface area contributed by atoms with Gasteiger partial charge in [0, 0.05) is 11.3 Å². The predicted molar refractivity (Wildman–Crippen MR) is 89.6 cm³/mol. The van der Waals surface area contributed by atoms with E-state index in [4.69, 9.17) is 0 Å². The third-order valence-corrected chi connectivity index (χ3v) is 5.07. The van der Waals surface area contributed by atoms with Gasteiger partial charge in [0.15, 0.2) is 0 Å². The van der Waals surface area contributed by atoms with Gasteiger partial charge in [-0.15, -0.1) is 11.8 Å². The van der Waals surface area contributed by atoms with Crippen molar-refractivity contribution in [2.45, 2.75) is 25.1 Å². The Balaban J connectivity index is 1.96. The van der Waals surface area contributed by atoms with Gasteiger partial charge in [-0.1, -0.05) is 44.2 Å². The fourth-order valence-corrected chi connectivity index (χ4v) is 3.83. The highest BCUT2D eigenvalue weighted by molar-refractivity contribution is 8.00. The van der Waals surface area contributed by atoms with Gasteiger partial charge in [0.05, 0.1) is 5.75 Å². The molecule has 0 radical (unpaired) electrons. The first kappa shape index (κ1) is 15.1. The zero-order valence-electron chi connectivity index (χ0n) is 12.6. The van der Waals surface area contributed by atoms with E-state index in [0.717, 1.165) is 5.69 Å². The maximum absolute atomic E-state index is 14.1. The fraction of sp³-hybridized carbons (Fsp3) is 0.278. The molecule has 4 heteroatoms. The quantitative estimate of drug-likeness (QED) is 0.816. The van der Waals surface area contributed by atoms with Gasteiger partial charge in [0.2, 0.25) is 5.91 Å². The fourth-order valence-electron chi connectivity index (χ4n) is 2.63. The SMILES string of the molecule is CC(C)c1ccc(N2C(=O)CS[C@H]2c2ccccc2F)cc1. The molecule has 1 aliphatic heterocycles. The van der Waals surface area contributed by atoms with Gasteiger partial charge in [-0.3, -0.25) is 9.69 Å². The molecule has 1 atom stereocenters. The number of benzene rings is 2. The Bertz CT molecular complexity index is 684. The lowest BCUT2D eigenvalue weighted by molar-refractivity contribution is -0.115. The Kier molecular flexibility index (Phi) is 4.21. The summed E-state index contributed by atoms with van der Waals surface area (Å²) in [6, 6.07) is 14.6. The normalized spacial score (nSPS) is 18.3. The summed E-state index contributed by atoms with van der Waals surface area (Å²) in [5, 5.41) is -0.293. The van der Waals surface area contributed by atoms with Crippen LogP contribution in [0.1, 0.15) is 36.3 Å². The minimum atomic E-state index is -0.293. The molecule has 114 valence electrons. The van der Waals surface area contributed by atoms with Crippen molar-refractivity contribution < 1.29 is 9.18 Å². The van der Waals surface area contributed by atoms with E-state index in [0.29, 0.717) is 17.2 Å². The molecule has 22 heavy (non-hydrogen) atoms. The minimum Gasteiger partial charge on any atom is -0.295 e. The number of hydrogen-bond acceptors (Lipinski definition) is 2. The number of halogens is 1. The van der Waals surface area contributed by atoms with Crippen LogP contribution in [0.5, 0.6) is 0 Å². The summed E-state index contributed by atoms with van der Waals surface area (Å²) in [6.45, 7) is 4.27. The Labute approximate surface area is 134 Å². The van der Waals surface area contributed by atoms with Crippen LogP contribution in [0.3, 0.4) is 0 Å². The van der Waals surface area contributed by atoms with Gasteiger partial charge in [-0.05, 0) is 29.7 Å². The van der Waals surface area contributed by atoms with Crippen LogP contribution in [0.25, 0.3) is 0 Å². The van der Waals surface area contributed by atoms with Gasteiger partial charge in [0.25, 0.3) is 0 Å². The highest BCUT2D eigenvalue weighted by atomic mass is 32.2. The van der Waals surface area contributed by atoms with Crippen LogP contribution in [0.2, 0.25) is 0 Å². The molecule has 2 aromatic rings. The van der Waals surface area contributed by atoms with E-state index in [9.17, 15) is 9.18 Å². The number of carbonyl (C=O) groups excluding carboxylic acids is 1. The zero-order valence-corrected chi connectivity index (χ0v) is 13.4. The number of rotatable bonds is 3. The van der Waals surface area contributed by atoms with Crippen molar-refractivity contribution in [3.8, 4) is 0 Å². The Morgan fingerprint density at radius 2 is 1.82 bits per heavy atom. The Morgan fingerprint density at radius 1 is 1.14 bits per heavy atom. The predicted octanol–water partition coefficient (Wildman–Crippen LogP) is 4.73. The maximum Gasteiger partial charge on any atom is 0.238 e. The zero-order chi connectivity index (χ0) is 15.7. The third-order valence-electron chi connectivity index (χ3n) is 3.88. The molecule has 1 fully saturated rings. The second-order valence-electron chi connectivity index (χ2n) is 5.69. The molecule has 1 saturated heterocycles. The minimum absolute atomic E-state index is 0.0237. The summed E-state index contributed by atoms with van der Waals surface area (Å²) in [5.74, 6) is 0.583. The molecule has 2 aromatic carbocycles. The van der Waals surface area contributed by atoms with Crippen molar-refractivity contribution >= 4 is 23.4 Å². The molecule has 0 N–H and O–H groups in total. The molecule has 3 rings (SSSR count). The summed E-state index contributed by atoms with van der Waals surface area (Å²) in [5.41, 5.74) is 2.62. The second kappa shape index (κ2) is 6.13. The van der Waals surface area contributed by atoms with Crippen LogP contribution < -0.4 is 4.90 Å². The number of amides is 1. The van der Waals surface area contributed by atoms with Crippen molar-refractivity contribution in [2.75, 3.05) is 10.7 Å². The highest BCUT2D eigenvalue weighted by Gasteiger charge is 2.35. The summed E-state index contributed by atoms with van der Waals surface area (Å²) in [6.07, 6.45) is 0. The number of thioether (sulfide) groups is 1. The van der Waals surface area contributed by atoms with Gasteiger partial charge >= 0.3 is 0 Å². The number of hydrogen-bond donors (Lipinski definition) is 0. The number of carbonyl (C=O) groups is 1. The van der Waals surface area contributed by atoms with Crippen molar-refractivity contribution in [1.82, 2.24) is 0 Å². The topological polar surface area (TPSA) is 20.3 Å². The van der Waals surface area contributed by atoms with E-state index in [1.807, 2.05) is 30.3 Å². The van der Waals surface area contributed by atoms with Gasteiger partial charge in [-0.2, -0.15) is 0 Å². The molecular weight excluding hydrogens is 297 g/mol. The Hall–Kier alpha value is -1.81. The van der Waals surface area contributed by atoms with E-state index in [2.05, 4.69) is 13.8 Å². The van der Waals surface area contributed by atoms with E-state index >= 15 is 0 Å². The first-order valence-corrected chi connectivity index (χ1v) is 8.41. The molecule has 1 aliphatic rings. The summed E-state index contributed by atoms with van der Waals surface area (Å²) < 4.78 is 14.1. The van der Waals surface area contributed by atoms with Crippen molar-refractivity contribution in [3.63, 3.8) is 0 Å². The van der Waals surface area contributed by atoms with Crippen LogP contribution in [0.4, 0.5) is 10.1 Å². The summed E-state index contributed by atoms with van der Waals surface area (Å²) in [7, 11) is 0. The summed E-state index contributed by atoms with van der Waals surface area (Å²) in [4.78, 5) is 14.0. The molecule has 0 saturated carbocycles. The second-order valence-corrected chi connectivity index (χ2v) is 6.76. The van der Waals surface area contributed by atoms with Gasteiger partial charge < -0.3 is 0 Å². The van der Waals surface area contributed by atoms with Crippen LogP contribution in [0.15, 0.2) is 48.5 Å². The first-order valence-electron chi connectivity index (χ1n) is 7.36. The van der Waals surface area contributed by atoms with Gasteiger partial charge in [0.1, 0.15) is 11.2 Å². The maximum atomic E-state index is 14.1. The van der Waals surface area contributed by atoms with Crippen molar-refractivity contribution in [1.29, 1.82) is 0 Å². The molecule has 1 amide bonds. The molecular formula is C18H18FNOS. The highest BCUT2D eigenvalue weighted by Crippen LogP contribution is 2.42. The first-order chi connectivity index (χ1) is 10.6. The van der Waals surface area contributed by atoms with E-state index < -0.39 is 0 Å². The molecule has 1 heterocycles. The van der Waals surface area contributed by atoms with Gasteiger partial charge in [-0.25, -0.2) is 4.39 Å². The standard InChI is InChI=1S/C18H18FNOS/c1-12(2)13-7-9-14(10-8-13)20-17(21)11-22-18(20)15-5-3-4-6-16(15)19/h3-10,12,18H,11H2,1-2H3/t18-/m0/s1. The lowest BCUT2D eigenvalue weighted by Crippen LogP contribution is -2.28. The molecule has 0 aliphatic carbocycles. The lowest BCUT2D eigenvalue weighted by Gasteiger charge is -2.25. The van der Waals surface area contributed by atoms with Crippen molar-refractivity contribution in [3.05, 3.63) is 65.5 Å². The summed E-state index contributed by atoms with van der Waals surface area (Å²) >= 11 is 1.47. The average molecular weight is 315 g/mol. The molecule has 0 unspecified atom stereocenters. The van der Waals surface area contributed by atoms with Crippen LogP contribution in [0, 0.1) is 5.82 Å². The van der Waals surface area contributed by atoms with E-state index in [-0.39, 0.29) is 17.1 Å². The lowest BCUT2D eigenvalue weighted by atomic mass is 10.0. The van der Waals surface area contributed by atoms with Crippen LogP contribution >= 0.6 is 11.8 Å². The average Bonchev–Trinajstić information content (AvgIpc) is 2.89. The van der Waals surface area contributed by atoms with Crippen molar-refractivity contribution in [2.24, 2.45) is 0 Å². The largest absolute Gasteiger partial charge is 0.295 e. The van der Waals surface area contributed by atoms with Crippen LogP contribution in [-0.2, 0) is 4.79 Å².